The van der Waals surface area contributed by atoms with Crippen molar-refractivity contribution in [3.63, 3.8) is 0 Å². The van der Waals surface area contributed by atoms with Crippen molar-refractivity contribution in [3.05, 3.63) is 78.5 Å². The van der Waals surface area contributed by atoms with Crippen molar-refractivity contribution in [2.45, 2.75) is 32.5 Å². The second kappa shape index (κ2) is 8.28. The molecule has 0 saturated carbocycles. The fourth-order valence-electron chi connectivity index (χ4n) is 3.52. The molecule has 1 amide bonds. The number of hydrogen-bond donors (Lipinski definition) is 2. The van der Waals surface area contributed by atoms with E-state index in [1.54, 1.807) is 11.0 Å². The third-order valence-corrected chi connectivity index (χ3v) is 5.15. The smallest absolute Gasteiger partial charge is 0.219 e. The predicted octanol–water partition coefficient (Wildman–Crippen LogP) is 2.95. The van der Waals surface area contributed by atoms with Crippen molar-refractivity contribution in [2.24, 2.45) is 5.73 Å². The number of nitrogens with two attached hydrogens (primary N) is 1. The summed E-state index contributed by atoms with van der Waals surface area (Å²) < 4.78 is 3.84. The van der Waals surface area contributed by atoms with Gasteiger partial charge in [0.1, 0.15) is 12.7 Å². The molecule has 0 fully saturated rings. The maximum absolute atomic E-state index is 11.2. The van der Waals surface area contributed by atoms with Gasteiger partial charge in [0.25, 0.3) is 0 Å². The zero-order chi connectivity index (χ0) is 20.2. The number of amides is 1. The Hall–Kier alpha value is -3.45. The van der Waals surface area contributed by atoms with Gasteiger partial charge in [-0.15, -0.1) is 0 Å². The van der Waals surface area contributed by atoms with Gasteiger partial charge in [0.2, 0.25) is 5.91 Å². The normalized spacial score (nSPS) is 12.3. The lowest BCUT2D eigenvalue weighted by molar-refractivity contribution is -0.118. The predicted molar refractivity (Wildman–Crippen MR) is 112 cm³/mol. The molecule has 2 heterocycles. The van der Waals surface area contributed by atoms with E-state index in [9.17, 15) is 4.79 Å². The topological polar surface area (TPSA) is 90.8 Å². The molecule has 2 aromatic heterocycles. The Morgan fingerprint density at radius 3 is 2.69 bits per heavy atom. The number of nitrogens with one attached hydrogen (secondary N) is 1. The molecule has 1 atom stereocenters. The molecule has 1 unspecified atom stereocenters. The number of primary amides is 1. The number of nitrogens with zero attached hydrogens (tertiary/aromatic N) is 4. The van der Waals surface area contributed by atoms with E-state index in [-0.39, 0.29) is 11.9 Å². The van der Waals surface area contributed by atoms with Crippen LogP contribution in [0.5, 0.6) is 0 Å². The van der Waals surface area contributed by atoms with Crippen molar-refractivity contribution in [2.75, 3.05) is 0 Å². The summed E-state index contributed by atoms with van der Waals surface area (Å²) in [7, 11) is 0. The average molecular weight is 388 g/mol. The van der Waals surface area contributed by atoms with E-state index in [1.165, 1.54) is 22.8 Å². The first-order chi connectivity index (χ1) is 14.1. The Morgan fingerprint density at radius 2 is 1.97 bits per heavy atom. The Morgan fingerprint density at radius 1 is 1.17 bits per heavy atom. The van der Waals surface area contributed by atoms with E-state index in [0.29, 0.717) is 13.0 Å². The summed E-state index contributed by atoms with van der Waals surface area (Å²) in [4.78, 5) is 15.2. The summed E-state index contributed by atoms with van der Waals surface area (Å²) in [5.41, 5.74) is 9.83. The fourth-order valence-corrected chi connectivity index (χ4v) is 3.52. The van der Waals surface area contributed by atoms with Crippen molar-refractivity contribution < 1.29 is 4.79 Å². The second-order valence-electron chi connectivity index (χ2n) is 7.12. The van der Waals surface area contributed by atoms with Crippen LogP contribution in [0.15, 0.2) is 67.4 Å². The molecule has 0 spiro atoms. The molecule has 7 heteroatoms. The van der Waals surface area contributed by atoms with E-state index in [2.05, 4.69) is 57.4 Å². The zero-order valence-corrected chi connectivity index (χ0v) is 16.3. The van der Waals surface area contributed by atoms with Crippen LogP contribution in [0.1, 0.15) is 30.5 Å². The van der Waals surface area contributed by atoms with Crippen LogP contribution < -0.4 is 11.1 Å². The Balaban J connectivity index is 1.47. The molecular formula is C22H24N6O. The molecule has 0 bridgehead atoms. The van der Waals surface area contributed by atoms with Crippen molar-refractivity contribution in [3.8, 4) is 5.69 Å². The number of para-hydroxylation sites is 1. The van der Waals surface area contributed by atoms with Crippen LogP contribution in [0.2, 0.25) is 0 Å². The Labute approximate surface area is 169 Å². The van der Waals surface area contributed by atoms with Crippen LogP contribution in [0.25, 0.3) is 16.6 Å². The van der Waals surface area contributed by atoms with Crippen LogP contribution in [0.3, 0.4) is 0 Å². The van der Waals surface area contributed by atoms with E-state index in [4.69, 9.17) is 5.73 Å². The molecule has 148 valence electrons. The fraction of sp³-hybridized carbons (Fsp3) is 0.227. The lowest BCUT2D eigenvalue weighted by atomic mass is 10.1. The molecule has 7 nitrogen and oxygen atoms in total. The first-order valence-electron chi connectivity index (χ1n) is 9.65. The number of rotatable bonds is 8. The van der Waals surface area contributed by atoms with Crippen molar-refractivity contribution in [1.29, 1.82) is 0 Å². The van der Waals surface area contributed by atoms with E-state index in [0.717, 1.165) is 17.7 Å². The molecule has 0 radical (unpaired) electrons. The number of carbonyl (C=O) groups excluding carboxylic acids is 1. The summed E-state index contributed by atoms with van der Waals surface area (Å²) in [5.74, 6) is -0.287. The maximum Gasteiger partial charge on any atom is 0.219 e. The lowest BCUT2D eigenvalue weighted by Crippen LogP contribution is -2.18. The van der Waals surface area contributed by atoms with Crippen LogP contribution in [0, 0.1) is 0 Å². The molecule has 4 aromatic rings. The Bertz CT molecular complexity index is 1100. The number of benzene rings is 2. The van der Waals surface area contributed by atoms with Crippen molar-refractivity contribution in [1.82, 2.24) is 24.6 Å². The van der Waals surface area contributed by atoms with Gasteiger partial charge in [0.15, 0.2) is 0 Å². The first kappa shape index (κ1) is 18.9. The van der Waals surface area contributed by atoms with Gasteiger partial charge in [-0.1, -0.05) is 30.3 Å². The van der Waals surface area contributed by atoms with Gasteiger partial charge in [-0.3, -0.25) is 4.79 Å². The van der Waals surface area contributed by atoms with Gasteiger partial charge in [-0.05, 0) is 36.2 Å². The lowest BCUT2D eigenvalue weighted by Gasteiger charge is -2.14. The molecule has 0 aliphatic heterocycles. The summed E-state index contributed by atoms with van der Waals surface area (Å²) in [6, 6.07) is 16.7. The van der Waals surface area contributed by atoms with Crippen LogP contribution in [-0.4, -0.2) is 25.2 Å². The summed E-state index contributed by atoms with van der Waals surface area (Å²) in [6.45, 7) is 3.47. The third-order valence-electron chi connectivity index (χ3n) is 5.15. The van der Waals surface area contributed by atoms with Crippen LogP contribution in [0.4, 0.5) is 0 Å². The van der Waals surface area contributed by atoms with Gasteiger partial charge in [0.05, 0.1) is 5.69 Å². The minimum absolute atomic E-state index is 0.188. The van der Waals surface area contributed by atoms with E-state index < -0.39 is 0 Å². The van der Waals surface area contributed by atoms with Crippen molar-refractivity contribution >= 4 is 16.8 Å². The largest absolute Gasteiger partial charge is 0.370 e. The first-order valence-corrected chi connectivity index (χ1v) is 9.65. The van der Waals surface area contributed by atoms with E-state index >= 15 is 0 Å². The molecular weight excluding hydrogens is 364 g/mol. The highest BCUT2D eigenvalue weighted by Gasteiger charge is 2.11. The third kappa shape index (κ3) is 4.20. The van der Waals surface area contributed by atoms with Gasteiger partial charge >= 0.3 is 0 Å². The number of hydrogen-bond acceptors (Lipinski definition) is 4. The maximum atomic E-state index is 11.2. The summed E-state index contributed by atoms with van der Waals surface area (Å²) >= 11 is 0. The molecule has 0 aliphatic rings. The number of fused-ring (bicyclic) bond motifs is 1. The standard InChI is InChI=1S/C22H24N6O/c1-16(17-6-8-19(9-7-17)28-15-24-14-26-28)25-12-18-13-27(11-10-22(23)29)21-5-3-2-4-20(18)21/h2-9,13-16,25H,10-12H2,1H3,(H2,23,29). The quantitative estimate of drug-likeness (QED) is 0.485. The minimum Gasteiger partial charge on any atom is -0.370 e. The molecule has 4 rings (SSSR count). The van der Waals surface area contributed by atoms with Gasteiger partial charge in [-0.25, -0.2) is 9.67 Å². The van der Waals surface area contributed by atoms with E-state index in [1.807, 2.05) is 24.3 Å². The van der Waals surface area contributed by atoms with Crippen LogP contribution in [-0.2, 0) is 17.9 Å². The van der Waals surface area contributed by atoms with Gasteiger partial charge in [-0.2, -0.15) is 5.10 Å². The Kier molecular flexibility index (Phi) is 5.39. The summed E-state index contributed by atoms with van der Waals surface area (Å²) in [5, 5.41) is 8.95. The molecule has 0 saturated heterocycles. The number of aromatic nitrogens is 4. The van der Waals surface area contributed by atoms with Gasteiger partial charge in [0, 0.05) is 42.7 Å². The highest BCUT2D eigenvalue weighted by molar-refractivity contribution is 5.84. The zero-order valence-electron chi connectivity index (χ0n) is 16.3. The highest BCUT2D eigenvalue weighted by atomic mass is 16.1. The molecule has 2 aromatic carbocycles. The molecule has 29 heavy (non-hydrogen) atoms. The monoisotopic (exact) mass is 388 g/mol. The van der Waals surface area contributed by atoms with Gasteiger partial charge < -0.3 is 15.6 Å². The SMILES string of the molecule is CC(NCc1cn(CCC(N)=O)c2ccccc12)c1ccc(-n2cncn2)cc1. The second-order valence-corrected chi connectivity index (χ2v) is 7.12. The molecule has 0 aliphatic carbocycles. The minimum atomic E-state index is -0.287. The van der Waals surface area contributed by atoms with Crippen LogP contribution >= 0.6 is 0 Å². The number of aryl methyl sites for hydroxylation is 1. The summed E-state index contributed by atoms with van der Waals surface area (Å²) in [6.07, 6.45) is 5.66. The number of carbonyl (C=O) groups is 1. The molecule has 3 N–H and O–H groups in total. The average Bonchev–Trinajstić information content (AvgIpc) is 3.39. The highest BCUT2D eigenvalue weighted by Crippen LogP contribution is 2.23.